The van der Waals surface area contributed by atoms with E-state index in [0.717, 1.165) is 25.7 Å². The summed E-state index contributed by atoms with van der Waals surface area (Å²) >= 11 is 0. The van der Waals surface area contributed by atoms with E-state index < -0.39 is 12.1 Å². The topological polar surface area (TPSA) is 69.6 Å². The summed E-state index contributed by atoms with van der Waals surface area (Å²) < 4.78 is 0. The van der Waals surface area contributed by atoms with Gasteiger partial charge >= 0.3 is 0 Å². The van der Waals surface area contributed by atoms with Crippen LogP contribution in [0.1, 0.15) is 328 Å². The molecule has 0 heterocycles. The van der Waals surface area contributed by atoms with Gasteiger partial charge in [-0.15, -0.1) is 0 Å². The second-order valence-corrected chi connectivity index (χ2v) is 19.7. The fraction of sp³-hybridized carbons (Fsp3) is 0.947. The standard InChI is InChI=1S/C57H113NO3/c1-3-5-7-9-11-13-15-17-19-21-23-25-27-29-30-32-34-36-38-40-42-44-46-48-50-52-56(60)55(54-59)58-57(61)53-51-49-47-45-43-41-39-37-35-33-31-28-26-24-22-20-18-16-14-12-10-8-6-4-2/h31,33,55-56,59-60H,3-30,32,34-54H2,1-2H3,(H,58,61)/b33-31-. The van der Waals surface area contributed by atoms with Crippen LogP contribution >= 0.6 is 0 Å². The molecule has 0 aliphatic rings. The SMILES string of the molecule is CCCCCCCCCCCCCC/C=C\CCCCCCCCCCC(=O)NC(CO)C(O)CCCCCCCCCCCCCCCCCCCCCCCCCCC. The quantitative estimate of drug-likeness (QED) is 0.0421. The Hall–Kier alpha value is -0.870. The Bertz CT molecular complexity index is 844. The molecule has 0 fully saturated rings. The molecule has 0 saturated carbocycles. The van der Waals surface area contributed by atoms with Crippen LogP contribution in [0.2, 0.25) is 0 Å². The van der Waals surface area contributed by atoms with Crippen molar-refractivity contribution in [2.75, 3.05) is 6.61 Å². The molecule has 0 rings (SSSR count). The van der Waals surface area contributed by atoms with Crippen LogP contribution in [0.5, 0.6) is 0 Å². The predicted molar refractivity (Wildman–Crippen MR) is 272 cm³/mol. The van der Waals surface area contributed by atoms with E-state index in [1.165, 1.54) is 276 Å². The van der Waals surface area contributed by atoms with Gasteiger partial charge in [-0.25, -0.2) is 0 Å². The van der Waals surface area contributed by atoms with Crippen molar-refractivity contribution in [1.82, 2.24) is 5.32 Å². The zero-order chi connectivity index (χ0) is 44.2. The maximum atomic E-state index is 12.5. The number of hydrogen-bond donors (Lipinski definition) is 3. The van der Waals surface area contributed by atoms with Crippen molar-refractivity contribution in [2.45, 2.75) is 341 Å². The summed E-state index contributed by atoms with van der Waals surface area (Å²) in [5.41, 5.74) is 0. The normalized spacial score (nSPS) is 12.8. The Kier molecular flexibility index (Phi) is 52.7. The molecule has 2 atom stereocenters. The number of nitrogens with one attached hydrogen (secondary N) is 1. The van der Waals surface area contributed by atoms with Crippen molar-refractivity contribution in [3.05, 3.63) is 12.2 Å². The summed E-state index contributed by atoms with van der Waals surface area (Å²) in [4.78, 5) is 12.5. The molecular formula is C57H113NO3. The van der Waals surface area contributed by atoms with Crippen LogP contribution in [0.3, 0.4) is 0 Å². The number of carbonyl (C=O) groups excluding carboxylic acids is 1. The third kappa shape index (κ3) is 50.0. The second kappa shape index (κ2) is 53.5. The maximum absolute atomic E-state index is 12.5. The molecule has 0 bridgehead atoms. The minimum atomic E-state index is -0.659. The van der Waals surface area contributed by atoms with Gasteiger partial charge < -0.3 is 15.5 Å². The van der Waals surface area contributed by atoms with Gasteiger partial charge in [0.05, 0.1) is 18.8 Å². The molecule has 1 amide bonds. The van der Waals surface area contributed by atoms with Gasteiger partial charge in [0.25, 0.3) is 0 Å². The number of amides is 1. The van der Waals surface area contributed by atoms with Crippen molar-refractivity contribution >= 4 is 5.91 Å². The molecule has 364 valence electrons. The first-order valence-electron chi connectivity index (χ1n) is 28.4. The Morgan fingerprint density at radius 3 is 0.902 bits per heavy atom. The van der Waals surface area contributed by atoms with E-state index in [-0.39, 0.29) is 12.5 Å². The van der Waals surface area contributed by atoms with Gasteiger partial charge in [-0.1, -0.05) is 296 Å². The largest absolute Gasteiger partial charge is 0.394 e. The Labute approximate surface area is 384 Å². The molecule has 4 heteroatoms. The lowest BCUT2D eigenvalue weighted by Crippen LogP contribution is -2.45. The fourth-order valence-corrected chi connectivity index (χ4v) is 9.18. The number of aliphatic hydroxyl groups is 2. The Morgan fingerprint density at radius 1 is 0.377 bits per heavy atom. The summed E-state index contributed by atoms with van der Waals surface area (Å²) in [6.45, 7) is 4.40. The Balaban J connectivity index is 3.43. The molecule has 61 heavy (non-hydrogen) atoms. The zero-order valence-electron chi connectivity index (χ0n) is 42.0. The Morgan fingerprint density at radius 2 is 0.623 bits per heavy atom. The first kappa shape index (κ1) is 60.1. The minimum Gasteiger partial charge on any atom is -0.394 e. The maximum Gasteiger partial charge on any atom is 0.220 e. The van der Waals surface area contributed by atoms with Crippen molar-refractivity contribution in [3.8, 4) is 0 Å². The summed E-state index contributed by atoms with van der Waals surface area (Å²) in [6, 6.07) is -0.536. The molecule has 0 aromatic heterocycles. The van der Waals surface area contributed by atoms with Crippen molar-refractivity contribution in [2.24, 2.45) is 0 Å². The molecular weight excluding hydrogens is 747 g/mol. The van der Waals surface area contributed by atoms with Crippen molar-refractivity contribution in [1.29, 1.82) is 0 Å². The van der Waals surface area contributed by atoms with Gasteiger partial charge in [-0.2, -0.15) is 0 Å². The number of carbonyl (C=O) groups is 1. The molecule has 0 radical (unpaired) electrons. The monoisotopic (exact) mass is 860 g/mol. The molecule has 0 aliphatic carbocycles. The minimum absolute atomic E-state index is 0.0280. The van der Waals surface area contributed by atoms with Gasteiger partial charge in [0.15, 0.2) is 0 Å². The van der Waals surface area contributed by atoms with Gasteiger partial charge in [0.2, 0.25) is 5.91 Å². The first-order valence-corrected chi connectivity index (χ1v) is 28.4. The van der Waals surface area contributed by atoms with Gasteiger partial charge in [-0.3, -0.25) is 4.79 Å². The predicted octanol–water partition coefficient (Wildman–Crippen LogP) is 18.5. The number of aliphatic hydroxyl groups excluding tert-OH is 2. The van der Waals surface area contributed by atoms with E-state index in [9.17, 15) is 15.0 Å². The highest BCUT2D eigenvalue weighted by Gasteiger charge is 2.20. The van der Waals surface area contributed by atoms with E-state index in [4.69, 9.17) is 0 Å². The molecule has 0 aromatic carbocycles. The number of allylic oxidation sites excluding steroid dienone is 2. The molecule has 3 N–H and O–H groups in total. The number of hydrogen-bond acceptors (Lipinski definition) is 3. The van der Waals surface area contributed by atoms with Gasteiger partial charge in [0, 0.05) is 6.42 Å². The van der Waals surface area contributed by atoms with Crippen molar-refractivity contribution in [3.63, 3.8) is 0 Å². The summed E-state index contributed by atoms with van der Waals surface area (Å²) in [6.07, 6.45) is 69.2. The van der Waals surface area contributed by atoms with Crippen LogP contribution < -0.4 is 5.32 Å². The van der Waals surface area contributed by atoms with Crippen LogP contribution in [0.15, 0.2) is 12.2 Å². The molecule has 0 aromatic rings. The molecule has 2 unspecified atom stereocenters. The second-order valence-electron chi connectivity index (χ2n) is 19.7. The highest BCUT2D eigenvalue weighted by molar-refractivity contribution is 5.76. The number of unbranched alkanes of at least 4 members (excludes halogenated alkanes) is 44. The number of rotatable bonds is 53. The van der Waals surface area contributed by atoms with Crippen molar-refractivity contribution < 1.29 is 15.0 Å². The third-order valence-corrected chi connectivity index (χ3v) is 13.5. The fourth-order valence-electron chi connectivity index (χ4n) is 9.18. The molecule has 0 spiro atoms. The van der Waals surface area contributed by atoms with E-state index in [2.05, 4.69) is 31.3 Å². The zero-order valence-corrected chi connectivity index (χ0v) is 42.0. The summed E-state index contributed by atoms with van der Waals surface area (Å²) in [5, 5.41) is 23.4. The lowest BCUT2D eigenvalue weighted by molar-refractivity contribution is -0.123. The van der Waals surface area contributed by atoms with E-state index >= 15 is 0 Å². The molecule has 0 aliphatic heterocycles. The van der Waals surface area contributed by atoms with E-state index in [1.807, 2.05) is 0 Å². The van der Waals surface area contributed by atoms with Gasteiger partial charge in [0.1, 0.15) is 0 Å². The molecule has 4 nitrogen and oxygen atoms in total. The summed E-state index contributed by atoms with van der Waals surface area (Å²) in [7, 11) is 0. The van der Waals surface area contributed by atoms with E-state index in [0.29, 0.717) is 12.8 Å². The van der Waals surface area contributed by atoms with Gasteiger partial charge in [-0.05, 0) is 38.5 Å². The van der Waals surface area contributed by atoms with Crippen LogP contribution in [0, 0.1) is 0 Å². The smallest absolute Gasteiger partial charge is 0.220 e. The van der Waals surface area contributed by atoms with Crippen LogP contribution in [-0.2, 0) is 4.79 Å². The van der Waals surface area contributed by atoms with Crippen LogP contribution in [-0.4, -0.2) is 34.9 Å². The average molecular weight is 861 g/mol. The van der Waals surface area contributed by atoms with E-state index in [1.54, 1.807) is 0 Å². The van der Waals surface area contributed by atoms with Crippen LogP contribution in [0.4, 0.5) is 0 Å². The average Bonchev–Trinajstić information content (AvgIpc) is 3.26. The highest BCUT2D eigenvalue weighted by atomic mass is 16.3. The third-order valence-electron chi connectivity index (χ3n) is 13.5. The highest BCUT2D eigenvalue weighted by Crippen LogP contribution is 2.18. The lowest BCUT2D eigenvalue weighted by atomic mass is 10.0. The summed E-state index contributed by atoms with van der Waals surface area (Å²) in [5.74, 6) is -0.0280. The first-order chi connectivity index (χ1) is 30.2. The molecule has 0 saturated heterocycles. The lowest BCUT2D eigenvalue weighted by Gasteiger charge is -2.22. The van der Waals surface area contributed by atoms with Crippen LogP contribution in [0.25, 0.3) is 0 Å².